The smallest absolute Gasteiger partial charge is 0.307 e. The molecule has 2 rings (SSSR count). The van der Waals surface area contributed by atoms with Gasteiger partial charge >= 0.3 is 5.97 Å². The molecule has 0 bridgehead atoms. The lowest BCUT2D eigenvalue weighted by Crippen LogP contribution is -2.04. The molecule has 0 saturated carbocycles. The summed E-state index contributed by atoms with van der Waals surface area (Å²) in [5.41, 5.74) is 1.48. The summed E-state index contributed by atoms with van der Waals surface area (Å²) < 4.78 is 0.868. The Morgan fingerprint density at radius 3 is 2.88 bits per heavy atom. The molecule has 2 N–H and O–H groups in total. The second-order valence-electron chi connectivity index (χ2n) is 3.57. The van der Waals surface area contributed by atoms with Crippen LogP contribution < -0.4 is 5.32 Å². The lowest BCUT2D eigenvalue weighted by molar-refractivity contribution is -0.136. The number of anilines is 1. The van der Waals surface area contributed by atoms with Crippen molar-refractivity contribution >= 4 is 38.6 Å². The van der Waals surface area contributed by atoms with Gasteiger partial charge in [0.05, 0.1) is 16.6 Å². The first-order valence-corrected chi connectivity index (χ1v) is 5.75. The monoisotopic (exact) mass is 250 g/mol. The normalized spacial score (nSPS) is 10.4. The highest BCUT2D eigenvalue weighted by atomic mass is 32.1. The maximum absolute atomic E-state index is 10.9. The van der Waals surface area contributed by atoms with Crippen LogP contribution in [0.2, 0.25) is 0 Å². The number of hydrogen-bond acceptors (Lipinski definition) is 4. The minimum absolute atomic E-state index is 0.0106. The summed E-state index contributed by atoms with van der Waals surface area (Å²) in [6, 6.07) is 5.27. The van der Waals surface area contributed by atoms with Gasteiger partial charge in [-0.3, -0.25) is 9.59 Å². The predicted octanol–water partition coefficient (Wildman–Crippen LogP) is 1.88. The van der Waals surface area contributed by atoms with E-state index in [0.717, 1.165) is 15.8 Å². The summed E-state index contributed by atoms with van der Waals surface area (Å²) >= 11 is 1.33. The van der Waals surface area contributed by atoms with Gasteiger partial charge in [0.2, 0.25) is 5.91 Å². The molecule has 17 heavy (non-hydrogen) atoms. The first kappa shape index (κ1) is 11.5. The minimum Gasteiger partial charge on any atom is -0.481 e. The van der Waals surface area contributed by atoms with Gasteiger partial charge in [0.1, 0.15) is 0 Å². The minimum atomic E-state index is -0.865. The van der Waals surface area contributed by atoms with Crippen LogP contribution in [0.1, 0.15) is 12.5 Å². The van der Waals surface area contributed by atoms with Crippen LogP contribution in [0.3, 0.4) is 0 Å². The van der Waals surface area contributed by atoms with Crippen molar-refractivity contribution in [2.45, 2.75) is 13.3 Å². The van der Waals surface area contributed by atoms with Crippen LogP contribution in [0.5, 0.6) is 0 Å². The molecule has 0 aliphatic heterocycles. The zero-order valence-corrected chi connectivity index (χ0v) is 9.87. The van der Waals surface area contributed by atoms with Crippen LogP contribution >= 0.6 is 11.3 Å². The maximum Gasteiger partial charge on any atom is 0.307 e. The standard InChI is InChI=1S/C11H10N2O3S/c1-6(14)12-11-13-8-3-2-7(5-10(15)16)4-9(8)17-11/h2-4H,5H2,1H3,(H,15,16)(H,12,13,14). The molecular weight excluding hydrogens is 240 g/mol. The summed E-state index contributed by atoms with van der Waals surface area (Å²) in [6.45, 7) is 1.42. The largest absolute Gasteiger partial charge is 0.481 e. The molecule has 0 saturated heterocycles. The molecule has 0 radical (unpaired) electrons. The molecule has 0 aliphatic rings. The number of aromatic nitrogens is 1. The van der Waals surface area contributed by atoms with Crippen molar-refractivity contribution in [1.29, 1.82) is 0 Å². The van der Waals surface area contributed by atoms with E-state index < -0.39 is 5.97 Å². The topological polar surface area (TPSA) is 79.3 Å². The van der Waals surface area contributed by atoms with Crippen LogP contribution in [0.25, 0.3) is 10.2 Å². The third-order valence-corrected chi connectivity index (χ3v) is 3.02. The van der Waals surface area contributed by atoms with Gasteiger partial charge in [0.15, 0.2) is 5.13 Å². The van der Waals surface area contributed by atoms with E-state index >= 15 is 0 Å². The molecule has 0 unspecified atom stereocenters. The van der Waals surface area contributed by atoms with Gasteiger partial charge in [0, 0.05) is 6.92 Å². The fraction of sp³-hybridized carbons (Fsp3) is 0.182. The Morgan fingerprint density at radius 2 is 2.24 bits per heavy atom. The summed E-state index contributed by atoms with van der Waals surface area (Å²) in [4.78, 5) is 25.7. The number of fused-ring (bicyclic) bond motifs is 1. The third kappa shape index (κ3) is 2.79. The lowest BCUT2D eigenvalue weighted by Gasteiger charge is -1.95. The van der Waals surface area contributed by atoms with Crippen LogP contribution in [0.4, 0.5) is 5.13 Å². The Morgan fingerprint density at radius 1 is 1.47 bits per heavy atom. The molecule has 6 heteroatoms. The van der Waals surface area contributed by atoms with E-state index in [9.17, 15) is 9.59 Å². The van der Waals surface area contributed by atoms with Crippen molar-refractivity contribution in [2.75, 3.05) is 5.32 Å². The predicted molar refractivity (Wildman–Crippen MR) is 65.3 cm³/mol. The molecular formula is C11H10N2O3S. The number of nitrogens with zero attached hydrogens (tertiary/aromatic N) is 1. The first-order chi connectivity index (χ1) is 8.04. The summed E-state index contributed by atoms with van der Waals surface area (Å²) in [6.07, 6.45) is -0.0106. The second kappa shape index (κ2) is 4.50. The van der Waals surface area contributed by atoms with E-state index in [4.69, 9.17) is 5.11 Å². The molecule has 88 valence electrons. The van der Waals surface area contributed by atoms with E-state index in [-0.39, 0.29) is 12.3 Å². The Balaban J connectivity index is 2.33. The van der Waals surface area contributed by atoms with Crippen molar-refractivity contribution in [1.82, 2.24) is 4.98 Å². The van der Waals surface area contributed by atoms with Crippen molar-refractivity contribution in [3.8, 4) is 0 Å². The van der Waals surface area contributed by atoms with Gasteiger partial charge in [-0.2, -0.15) is 0 Å². The molecule has 2 aromatic rings. The quantitative estimate of drug-likeness (QED) is 0.871. The Hall–Kier alpha value is -1.95. The number of carbonyl (C=O) groups is 2. The lowest BCUT2D eigenvalue weighted by atomic mass is 10.1. The molecule has 1 aromatic carbocycles. The Labute approximate surface area is 101 Å². The molecule has 0 aliphatic carbocycles. The van der Waals surface area contributed by atoms with Crippen LogP contribution in [0.15, 0.2) is 18.2 Å². The number of aliphatic carboxylic acids is 1. The SMILES string of the molecule is CC(=O)Nc1nc2ccc(CC(=O)O)cc2s1. The number of benzene rings is 1. The van der Waals surface area contributed by atoms with Gasteiger partial charge in [-0.1, -0.05) is 17.4 Å². The zero-order valence-electron chi connectivity index (χ0n) is 9.06. The number of carboxylic acid groups (broad SMARTS) is 1. The third-order valence-electron chi connectivity index (χ3n) is 2.09. The second-order valence-corrected chi connectivity index (χ2v) is 4.60. The van der Waals surface area contributed by atoms with Crippen molar-refractivity contribution in [3.05, 3.63) is 23.8 Å². The molecule has 1 heterocycles. The molecule has 1 amide bonds. The Bertz CT molecular complexity index is 577. The number of carbonyl (C=O) groups excluding carboxylic acids is 1. The van der Waals surface area contributed by atoms with E-state index in [2.05, 4.69) is 10.3 Å². The fourth-order valence-corrected chi connectivity index (χ4v) is 2.43. The van der Waals surface area contributed by atoms with E-state index in [0.29, 0.717) is 5.13 Å². The number of rotatable bonds is 3. The van der Waals surface area contributed by atoms with Gasteiger partial charge in [-0.05, 0) is 17.7 Å². The van der Waals surface area contributed by atoms with Crippen molar-refractivity contribution in [2.24, 2.45) is 0 Å². The highest BCUT2D eigenvalue weighted by Gasteiger charge is 2.07. The van der Waals surface area contributed by atoms with Gasteiger partial charge < -0.3 is 10.4 Å². The number of thiazole rings is 1. The fourth-order valence-electron chi connectivity index (χ4n) is 1.46. The average Bonchev–Trinajstić information content (AvgIpc) is 2.56. The number of amides is 1. The van der Waals surface area contributed by atoms with Gasteiger partial charge in [-0.15, -0.1) is 0 Å². The molecule has 5 nitrogen and oxygen atoms in total. The van der Waals surface area contributed by atoms with Crippen LogP contribution in [-0.4, -0.2) is 22.0 Å². The van der Waals surface area contributed by atoms with E-state index in [1.807, 2.05) is 0 Å². The van der Waals surface area contributed by atoms with Crippen LogP contribution in [0, 0.1) is 0 Å². The van der Waals surface area contributed by atoms with Gasteiger partial charge in [-0.25, -0.2) is 4.98 Å². The Kier molecular flexibility index (Phi) is 3.06. The van der Waals surface area contributed by atoms with Crippen LogP contribution in [-0.2, 0) is 16.0 Å². The molecule has 0 spiro atoms. The summed E-state index contributed by atoms with van der Waals surface area (Å²) in [7, 11) is 0. The first-order valence-electron chi connectivity index (χ1n) is 4.93. The average molecular weight is 250 g/mol. The highest BCUT2D eigenvalue weighted by Crippen LogP contribution is 2.26. The van der Waals surface area contributed by atoms with Gasteiger partial charge in [0.25, 0.3) is 0 Å². The zero-order chi connectivity index (χ0) is 12.4. The van der Waals surface area contributed by atoms with Crippen molar-refractivity contribution in [3.63, 3.8) is 0 Å². The number of carboxylic acids is 1. The summed E-state index contributed by atoms with van der Waals surface area (Å²) in [5, 5.41) is 11.8. The summed E-state index contributed by atoms with van der Waals surface area (Å²) in [5.74, 6) is -1.04. The van der Waals surface area contributed by atoms with E-state index in [1.54, 1.807) is 18.2 Å². The molecule has 1 aromatic heterocycles. The molecule has 0 atom stereocenters. The molecule has 0 fully saturated rings. The highest BCUT2D eigenvalue weighted by molar-refractivity contribution is 7.22. The van der Waals surface area contributed by atoms with Crippen molar-refractivity contribution < 1.29 is 14.7 Å². The van der Waals surface area contributed by atoms with E-state index in [1.165, 1.54) is 18.3 Å². The number of nitrogens with one attached hydrogen (secondary N) is 1. The maximum atomic E-state index is 10.9. The number of hydrogen-bond donors (Lipinski definition) is 2.